The molecule has 0 bridgehead atoms. The Hall–Kier alpha value is -2.42. The SMILES string of the molecule is C#CCCC[C@H](NC(=O)c1cc(F)cc(F)c1)C(=O)O. The molecule has 1 aromatic rings. The van der Waals surface area contributed by atoms with Crippen LogP contribution in [0.2, 0.25) is 0 Å². The summed E-state index contributed by atoms with van der Waals surface area (Å²) in [5.74, 6) is -1.54. The number of amides is 1. The predicted octanol–water partition coefficient (Wildman–Crippen LogP) is 1.95. The highest BCUT2D eigenvalue weighted by Crippen LogP contribution is 2.09. The number of carboxylic acids is 1. The molecule has 0 unspecified atom stereocenters. The zero-order valence-corrected chi connectivity index (χ0v) is 10.5. The zero-order valence-electron chi connectivity index (χ0n) is 10.5. The lowest BCUT2D eigenvalue weighted by atomic mass is 10.1. The van der Waals surface area contributed by atoms with Crippen molar-refractivity contribution in [1.82, 2.24) is 5.32 Å². The molecular formula is C14H13F2NO3. The number of unbranched alkanes of at least 4 members (excludes halogenated alkanes) is 1. The maximum atomic E-state index is 13.0. The van der Waals surface area contributed by atoms with E-state index in [2.05, 4.69) is 11.2 Å². The zero-order chi connectivity index (χ0) is 15.1. The van der Waals surface area contributed by atoms with E-state index in [0.29, 0.717) is 18.9 Å². The summed E-state index contributed by atoms with van der Waals surface area (Å²) < 4.78 is 25.9. The van der Waals surface area contributed by atoms with E-state index < -0.39 is 29.6 Å². The Morgan fingerprint density at radius 1 is 1.30 bits per heavy atom. The van der Waals surface area contributed by atoms with Crippen molar-refractivity contribution in [2.75, 3.05) is 0 Å². The summed E-state index contributed by atoms with van der Waals surface area (Å²) in [6.07, 6.45) is 6.00. The fourth-order valence-corrected chi connectivity index (χ4v) is 1.59. The summed E-state index contributed by atoms with van der Waals surface area (Å²) in [6.45, 7) is 0. The fourth-order valence-electron chi connectivity index (χ4n) is 1.59. The number of nitrogens with one attached hydrogen (secondary N) is 1. The number of carbonyl (C=O) groups excluding carboxylic acids is 1. The number of carbonyl (C=O) groups is 2. The van der Waals surface area contributed by atoms with Gasteiger partial charge in [-0.2, -0.15) is 0 Å². The number of aliphatic carboxylic acids is 1. The van der Waals surface area contributed by atoms with E-state index in [4.69, 9.17) is 11.5 Å². The molecule has 0 radical (unpaired) electrons. The van der Waals surface area contributed by atoms with Crippen LogP contribution >= 0.6 is 0 Å². The topological polar surface area (TPSA) is 66.4 Å². The van der Waals surface area contributed by atoms with Crippen molar-refractivity contribution < 1.29 is 23.5 Å². The number of hydrogen-bond acceptors (Lipinski definition) is 2. The van der Waals surface area contributed by atoms with Gasteiger partial charge in [0.05, 0.1) is 0 Å². The maximum absolute atomic E-state index is 13.0. The van der Waals surface area contributed by atoms with E-state index in [1.165, 1.54) is 0 Å². The second-order valence-electron chi connectivity index (χ2n) is 4.12. The Morgan fingerprint density at radius 2 is 1.90 bits per heavy atom. The first kappa shape index (κ1) is 15.6. The van der Waals surface area contributed by atoms with Crippen LogP contribution in [0.4, 0.5) is 8.78 Å². The minimum Gasteiger partial charge on any atom is -0.480 e. The predicted molar refractivity (Wildman–Crippen MR) is 67.9 cm³/mol. The van der Waals surface area contributed by atoms with E-state index >= 15 is 0 Å². The fraction of sp³-hybridized carbons (Fsp3) is 0.286. The van der Waals surface area contributed by atoms with E-state index in [-0.39, 0.29) is 12.0 Å². The van der Waals surface area contributed by atoms with Gasteiger partial charge in [0.25, 0.3) is 5.91 Å². The first-order chi connectivity index (χ1) is 9.43. The van der Waals surface area contributed by atoms with Crippen LogP contribution in [0.1, 0.15) is 29.6 Å². The lowest BCUT2D eigenvalue weighted by Gasteiger charge is -2.14. The molecule has 0 saturated carbocycles. The van der Waals surface area contributed by atoms with Gasteiger partial charge in [-0.3, -0.25) is 4.79 Å². The Morgan fingerprint density at radius 3 is 2.40 bits per heavy atom. The molecule has 0 heterocycles. The third-order valence-electron chi connectivity index (χ3n) is 2.54. The van der Waals surface area contributed by atoms with Crippen molar-refractivity contribution in [2.45, 2.75) is 25.3 Å². The number of terminal acetylenes is 1. The third kappa shape index (κ3) is 4.69. The van der Waals surface area contributed by atoms with Crippen LogP contribution in [0.3, 0.4) is 0 Å². The summed E-state index contributed by atoms with van der Waals surface area (Å²) in [5.41, 5.74) is -0.273. The number of hydrogen-bond donors (Lipinski definition) is 2. The Labute approximate surface area is 114 Å². The molecule has 1 atom stereocenters. The van der Waals surface area contributed by atoms with Crippen molar-refractivity contribution in [3.8, 4) is 12.3 Å². The van der Waals surface area contributed by atoms with Gasteiger partial charge in [-0.15, -0.1) is 12.3 Å². The van der Waals surface area contributed by atoms with Crippen LogP contribution in [0.15, 0.2) is 18.2 Å². The monoisotopic (exact) mass is 281 g/mol. The van der Waals surface area contributed by atoms with Crippen LogP contribution in [-0.4, -0.2) is 23.0 Å². The van der Waals surface area contributed by atoms with Crippen LogP contribution in [0.5, 0.6) is 0 Å². The van der Waals surface area contributed by atoms with Crippen LogP contribution < -0.4 is 5.32 Å². The van der Waals surface area contributed by atoms with Gasteiger partial charge in [0.2, 0.25) is 0 Å². The molecule has 2 N–H and O–H groups in total. The van der Waals surface area contributed by atoms with Crippen molar-refractivity contribution in [3.63, 3.8) is 0 Å². The minimum atomic E-state index is -1.23. The van der Waals surface area contributed by atoms with E-state index in [9.17, 15) is 18.4 Å². The number of benzene rings is 1. The standard InChI is InChI=1S/C14H13F2NO3/c1-2-3-4-5-12(14(19)20)17-13(18)9-6-10(15)8-11(16)7-9/h1,6-8,12H,3-5H2,(H,17,18)(H,19,20)/t12-/m0/s1. The largest absolute Gasteiger partial charge is 0.480 e. The van der Waals surface area contributed by atoms with Crippen molar-refractivity contribution >= 4 is 11.9 Å². The quantitative estimate of drug-likeness (QED) is 0.618. The summed E-state index contributed by atoms with van der Waals surface area (Å²) in [7, 11) is 0. The van der Waals surface area contributed by atoms with Gasteiger partial charge in [0, 0.05) is 18.1 Å². The highest BCUT2D eigenvalue weighted by molar-refractivity contribution is 5.96. The van der Waals surface area contributed by atoms with Crippen molar-refractivity contribution in [3.05, 3.63) is 35.4 Å². The highest BCUT2D eigenvalue weighted by Gasteiger charge is 2.20. The number of carboxylic acid groups (broad SMARTS) is 1. The normalized spacial score (nSPS) is 11.4. The Bertz CT molecular complexity index is 532. The molecule has 106 valence electrons. The van der Waals surface area contributed by atoms with Gasteiger partial charge >= 0.3 is 5.97 Å². The molecule has 0 aliphatic carbocycles. The average Bonchev–Trinajstić information content (AvgIpc) is 2.36. The van der Waals surface area contributed by atoms with E-state index in [0.717, 1.165) is 12.1 Å². The van der Waals surface area contributed by atoms with Gasteiger partial charge in [-0.1, -0.05) is 0 Å². The summed E-state index contributed by atoms with van der Waals surface area (Å²) in [6, 6.07) is 1.14. The first-order valence-corrected chi connectivity index (χ1v) is 5.87. The maximum Gasteiger partial charge on any atom is 0.326 e. The number of halogens is 2. The van der Waals surface area contributed by atoms with Gasteiger partial charge in [0.1, 0.15) is 17.7 Å². The van der Waals surface area contributed by atoms with Gasteiger partial charge in [-0.25, -0.2) is 13.6 Å². The molecule has 0 fully saturated rings. The summed E-state index contributed by atoms with van der Waals surface area (Å²) >= 11 is 0. The van der Waals surface area contributed by atoms with Gasteiger partial charge in [0.15, 0.2) is 0 Å². The molecule has 0 aromatic heterocycles. The lowest BCUT2D eigenvalue weighted by molar-refractivity contribution is -0.139. The smallest absolute Gasteiger partial charge is 0.326 e. The average molecular weight is 281 g/mol. The van der Waals surface area contributed by atoms with Crippen LogP contribution in [-0.2, 0) is 4.79 Å². The minimum absolute atomic E-state index is 0.142. The van der Waals surface area contributed by atoms with Crippen LogP contribution in [0, 0.1) is 24.0 Å². The molecule has 0 aliphatic rings. The molecule has 6 heteroatoms. The molecule has 0 saturated heterocycles. The van der Waals surface area contributed by atoms with Gasteiger partial charge in [-0.05, 0) is 25.0 Å². The van der Waals surface area contributed by atoms with Gasteiger partial charge < -0.3 is 10.4 Å². The van der Waals surface area contributed by atoms with E-state index in [1.54, 1.807) is 0 Å². The van der Waals surface area contributed by atoms with Crippen molar-refractivity contribution in [2.24, 2.45) is 0 Å². The molecule has 0 aliphatic heterocycles. The molecular weight excluding hydrogens is 268 g/mol. The van der Waals surface area contributed by atoms with Crippen LogP contribution in [0.25, 0.3) is 0 Å². The third-order valence-corrected chi connectivity index (χ3v) is 2.54. The molecule has 1 rings (SSSR count). The molecule has 20 heavy (non-hydrogen) atoms. The molecule has 0 spiro atoms. The highest BCUT2D eigenvalue weighted by atomic mass is 19.1. The lowest BCUT2D eigenvalue weighted by Crippen LogP contribution is -2.40. The first-order valence-electron chi connectivity index (χ1n) is 5.87. The Balaban J connectivity index is 2.75. The summed E-state index contributed by atoms with van der Waals surface area (Å²) in [4.78, 5) is 22.7. The second-order valence-corrected chi connectivity index (χ2v) is 4.12. The molecule has 1 aromatic carbocycles. The Kier molecular flexibility index (Phi) is 5.66. The van der Waals surface area contributed by atoms with E-state index in [1.807, 2.05) is 0 Å². The second kappa shape index (κ2) is 7.24. The molecule has 1 amide bonds. The number of rotatable bonds is 6. The summed E-state index contributed by atoms with van der Waals surface area (Å²) in [5, 5.41) is 11.2. The van der Waals surface area contributed by atoms with Crippen molar-refractivity contribution in [1.29, 1.82) is 0 Å². The molecule has 4 nitrogen and oxygen atoms in total.